The van der Waals surface area contributed by atoms with E-state index in [1.165, 1.54) is 0 Å². The number of nitrogens with zero attached hydrogens (tertiary/aromatic N) is 4. The van der Waals surface area contributed by atoms with Gasteiger partial charge in [-0.15, -0.1) is 0 Å². The summed E-state index contributed by atoms with van der Waals surface area (Å²) in [7, 11) is 0. The molecule has 0 aliphatic rings. The Morgan fingerprint density at radius 3 is 2.76 bits per heavy atom. The highest BCUT2D eigenvalue weighted by Gasteiger charge is 2.18. The second kappa shape index (κ2) is 6.39. The molecule has 0 amide bonds. The Bertz CT molecular complexity index is 1010. The average molecular weight is 333 g/mol. The molecule has 0 bridgehead atoms. The van der Waals surface area contributed by atoms with Gasteiger partial charge in [-0.3, -0.25) is 0 Å². The van der Waals surface area contributed by atoms with Crippen molar-refractivity contribution in [2.45, 2.75) is 19.4 Å². The first kappa shape index (κ1) is 15.4. The zero-order valence-electron chi connectivity index (χ0n) is 14.0. The van der Waals surface area contributed by atoms with E-state index in [0.717, 1.165) is 28.4 Å². The Morgan fingerprint density at radius 1 is 1.12 bits per heavy atom. The minimum atomic E-state index is 0.122. The summed E-state index contributed by atoms with van der Waals surface area (Å²) in [5.41, 5.74) is 8.72. The molecule has 6 nitrogen and oxygen atoms in total. The molecule has 4 aromatic rings. The Kier molecular flexibility index (Phi) is 3.93. The van der Waals surface area contributed by atoms with Gasteiger partial charge in [-0.2, -0.15) is 0 Å². The number of aromatic nitrogens is 4. The zero-order chi connectivity index (χ0) is 17.2. The quantitative estimate of drug-likeness (QED) is 0.604. The van der Waals surface area contributed by atoms with Crippen LogP contribution in [-0.4, -0.2) is 26.1 Å². The third-order valence-corrected chi connectivity index (χ3v) is 4.36. The Morgan fingerprint density at radius 2 is 1.96 bits per heavy atom. The first-order chi connectivity index (χ1) is 12.3. The topological polar surface area (TPSA) is 78.8 Å². The van der Waals surface area contributed by atoms with E-state index >= 15 is 0 Å². The van der Waals surface area contributed by atoms with E-state index in [1.807, 2.05) is 42.7 Å². The second-order valence-corrected chi connectivity index (χ2v) is 5.90. The van der Waals surface area contributed by atoms with E-state index in [4.69, 9.17) is 10.5 Å². The highest BCUT2D eigenvalue weighted by molar-refractivity contribution is 6.06. The van der Waals surface area contributed by atoms with Gasteiger partial charge in [-0.1, -0.05) is 31.2 Å². The number of para-hydroxylation sites is 1. The Labute approximate surface area is 145 Å². The lowest BCUT2D eigenvalue weighted by molar-refractivity contribution is 0.240. The van der Waals surface area contributed by atoms with E-state index in [2.05, 4.69) is 32.5 Å². The lowest BCUT2D eigenvalue weighted by atomic mass is 10.1. The molecule has 2 N–H and O–H groups in total. The summed E-state index contributed by atoms with van der Waals surface area (Å²) in [6.45, 7) is 2.64. The smallest absolute Gasteiger partial charge is 0.213 e. The van der Waals surface area contributed by atoms with Gasteiger partial charge in [0.1, 0.15) is 12.1 Å². The van der Waals surface area contributed by atoms with Crippen molar-refractivity contribution in [1.29, 1.82) is 0 Å². The van der Waals surface area contributed by atoms with Crippen molar-refractivity contribution < 1.29 is 4.74 Å². The largest absolute Gasteiger partial charge is 0.475 e. The summed E-state index contributed by atoms with van der Waals surface area (Å²) in [6.07, 6.45) is 4.45. The van der Waals surface area contributed by atoms with Gasteiger partial charge < -0.3 is 15.0 Å². The molecule has 0 saturated carbocycles. The minimum absolute atomic E-state index is 0.122. The third kappa shape index (κ3) is 2.76. The van der Waals surface area contributed by atoms with Crippen LogP contribution in [0.1, 0.15) is 19.4 Å². The monoisotopic (exact) mass is 333 g/mol. The normalized spacial score (nSPS) is 12.5. The van der Waals surface area contributed by atoms with Crippen molar-refractivity contribution in [2.75, 3.05) is 12.3 Å². The van der Waals surface area contributed by atoms with E-state index in [-0.39, 0.29) is 6.04 Å². The average Bonchev–Trinajstić information content (AvgIpc) is 3.09. The predicted molar refractivity (Wildman–Crippen MR) is 98.5 cm³/mol. The van der Waals surface area contributed by atoms with Gasteiger partial charge in [-0.05, 0) is 18.6 Å². The molecule has 0 aliphatic carbocycles. The summed E-state index contributed by atoms with van der Waals surface area (Å²) in [5, 5.41) is 1.04. The molecular weight excluding hydrogens is 314 g/mol. The molecule has 0 spiro atoms. The van der Waals surface area contributed by atoms with Crippen molar-refractivity contribution in [2.24, 2.45) is 0 Å². The number of nitrogen functional groups attached to an aromatic ring is 1. The molecule has 1 atom stereocenters. The number of fused-ring (bicyclic) bond motifs is 3. The first-order valence-electron chi connectivity index (χ1n) is 8.32. The van der Waals surface area contributed by atoms with Crippen molar-refractivity contribution in [1.82, 2.24) is 19.5 Å². The summed E-state index contributed by atoms with van der Waals surface area (Å²) >= 11 is 0. The molecule has 0 fully saturated rings. The van der Waals surface area contributed by atoms with Crippen LogP contribution in [-0.2, 0) is 0 Å². The van der Waals surface area contributed by atoms with Gasteiger partial charge in [0.05, 0.1) is 23.4 Å². The Hall–Kier alpha value is -3.15. The molecule has 3 aromatic heterocycles. The molecule has 3 heterocycles. The van der Waals surface area contributed by atoms with Crippen LogP contribution in [0.3, 0.4) is 0 Å². The summed E-state index contributed by atoms with van der Waals surface area (Å²) in [5.74, 6) is 1.07. The van der Waals surface area contributed by atoms with E-state index in [0.29, 0.717) is 18.3 Å². The molecule has 4 rings (SSSR count). The number of pyridine rings is 2. The fourth-order valence-electron chi connectivity index (χ4n) is 3.06. The highest BCUT2D eigenvalue weighted by atomic mass is 16.5. The molecule has 126 valence electrons. The summed E-state index contributed by atoms with van der Waals surface area (Å²) < 4.78 is 8.01. The van der Waals surface area contributed by atoms with Crippen LogP contribution in [0.4, 0.5) is 5.82 Å². The molecule has 0 saturated heterocycles. The molecule has 25 heavy (non-hydrogen) atoms. The van der Waals surface area contributed by atoms with Gasteiger partial charge in [-0.25, -0.2) is 15.0 Å². The van der Waals surface area contributed by atoms with Crippen LogP contribution in [0.25, 0.3) is 21.9 Å². The standard InChI is InChI=1S/C19H19N5O/c1-2-13(11-25-16-9-5-6-10-21-16)24-12-22-17-18(24)14-7-3-4-8-15(14)23-19(17)20/h3-10,12-13H,2,11H2,1H3,(H2,20,23). The van der Waals surface area contributed by atoms with Crippen LogP contribution in [0, 0.1) is 0 Å². The zero-order valence-corrected chi connectivity index (χ0v) is 14.0. The third-order valence-electron chi connectivity index (χ3n) is 4.36. The van der Waals surface area contributed by atoms with Crippen molar-refractivity contribution in [3.8, 4) is 5.88 Å². The second-order valence-electron chi connectivity index (χ2n) is 5.90. The van der Waals surface area contributed by atoms with Crippen LogP contribution in [0.2, 0.25) is 0 Å². The fraction of sp³-hybridized carbons (Fsp3) is 0.211. The van der Waals surface area contributed by atoms with Crippen LogP contribution in [0.5, 0.6) is 5.88 Å². The first-order valence-corrected chi connectivity index (χ1v) is 8.32. The van der Waals surface area contributed by atoms with Crippen molar-refractivity contribution >= 4 is 27.8 Å². The number of nitrogens with two attached hydrogens (primary N) is 1. The lowest BCUT2D eigenvalue weighted by Crippen LogP contribution is -2.16. The highest BCUT2D eigenvalue weighted by Crippen LogP contribution is 2.30. The van der Waals surface area contributed by atoms with Crippen LogP contribution >= 0.6 is 0 Å². The van der Waals surface area contributed by atoms with Gasteiger partial charge in [0.25, 0.3) is 0 Å². The number of rotatable bonds is 5. The number of hydrogen-bond donors (Lipinski definition) is 1. The van der Waals surface area contributed by atoms with E-state index < -0.39 is 0 Å². The number of hydrogen-bond acceptors (Lipinski definition) is 5. The summed E-state index contributed by atoms with van der Waals surface area (Å²) in [6, 6.07) is 13.7. The van der Waals surface area contributed by atoms with E-state index in [9.17, 15) is 0 Å². The molecular formula is C19H19N5O. The number of anilines is 1. The van der Waals surface area contributed by atoms with Gasteiger partial charge in [0.2, 0.25) is 5.88 Å². The van der Waals surface area contributed by atoms with Gasteiger partial charge in [0, 0.05) is 17.6 Å². The maximum absolute atomic E-state index is 6.11. The number of benzene rings is 1. The lowest BCUT2D eigenvalue weighted by Gasteiger charge is -2.19. The van der Waals surface area contributed by atoms with Crippen LogP contribution < -0.4 is 10.5 Å². The van der Waals surface area contributed by atoms with E-state index in [1.54, 1.807) is 6.20 Å². The SMILES string of the molecule is CCC(COc1ccccn1)n1cnc2c(N)nc3ccccc3c21. The predicted octanol–water partition coefficient (Wildman–Crippen LogP) is 3.59. The molecule has 1 unspecified atom stereocenters. The molecule has 6 heteroatoms. The van der Waals surface area contributed by atoms with Gasteiger partial charge in [0.15, 0.2) is 5.82 Å². The molecule has 0 aliphatic heterocycles. The Balaban J connectivity index is 1.76. The minimum Gasteiger partial charge on any atom is -0.475 e. The van der Waals surface area contributed by atoms with Crippen LogP contribution in [0.15, 0.2) is 55.0 Å². The number of imidazole rings is 1. The van der Waals surface area contributed by atoms with Gasteiger partial charge >= 0.3 is 0 Å². The molecule has 1 aromatic carbocycles. The van der Waals surface area contributed by atoms with Crippen molar-refractivity contribution in [3.05, 3.63) is 55.0 Å². The fourth-order valence-corrected chi connectivity index (χ4v) is 3.06. The molecule has 0 radical (unpaired) electrons. The maximum Gasteiger partial charge on any atom is 0.213 e. The summed E-state index contributed by atoms with van der Waals surface area (Å²) in [4.78, 5) is 13.2. The number of ether oxygens (including phenoxy) is 1. The maximum atomic E-state index is 6.11. The van der Waals surface area contributed by atoms with Crippen molar-refractivity contribution in [3.63, 3.8) is 0 Å².